The molecule has 5 heteroatoms. The van der Waals surface area contributed by atoms with E-state index in [1.165, 1.54) is 4.68 Å². The van der Waals surface area contributed by atoms with Gasteiger partial charge in [-0.2, -0.15) is 0 Å². The summed E-state index contributed by atoms with van der Waals surface area (Å²) < 4.78 is 1.31. The van der Waals surface area contributed by atoms with Crippen LogP contribution in [0.3, 0.4) is 0 Å². The molecule has 0 fully saturated rings. The molecular weight excluding hydrogens is 206 g/mol. The van der Waals surface area contributed by atoms with Gasteiger partial charge < -0.3 is 0 Å². The SMILES string of the molecule is Cc1ccc(-n2[nH]c(C)c(N=O)c2=O)cc1. The first-order chi connectivity index (χ1) is 7.63. The van der Waals surface area contributed by atoms with Crippen molar-refractivity contribution in [3.8, 4) is 5.69 Å². The third-order valence-electron chi connectivity index (χ3n) is 2.42. The van der Waals surface area contributed by atoms with Crippen LogP contribution in [0.2, 0.25) is 0 Å². The number of aromatic amines is 1. The van der Waals surface area contributed by atoms with Gasteiger partial charge in [-0.15, -0.1) is 4.91 Å². The Morgan fingerprint density at radius 3 is 2.31 bits per heavy atom. The molecule has 0 aliphatic carbocycles. The number of aromatic nitrogens is 2. The Morgan fingerprint density at radius 1 is 1.19 bits per heavy atom. The van der Waals surface area contributed by atoms with Crippen molar-refractivity contribution >= 4 is 5.69 Å². The minimum atomic E-state index is -0.420. The molecule has 0 spiro atoms. The van der Waals surface area contributed by atoms with E-state index in [0.29, 0.717) is 11.4 Å². The van der Waals surface area contributed by atoms with Gasteiger partial charge in [-0.3, -0.25) is 9.89 Å². The van der Waals surface area contributed by atoms with E-state index in [9.17, 15) is 9.70 Å². The van der Waals surface area contributed by atoms with Gasteiger partial charge in [0.2, 0.25) is 0 Å². The Balaban J connectivity index is 2.61. The summed E-state index contributed by atoms with van der Waals surface area (Å²) in [6.07, 6.45) is 0. The molecule has 5 nitrogen and oxygen atoms in total. The standard InChI is InChI=1S/C11H11N3O2/c1-7-3-5-9(6-4-7)14-11(15)10(13-16)8(2)12-14/h3-6,12H,1-2H3. The van der Waals surface area contributed by atoms with Gasteiger partial charge in [-0.25, -0.2) is 4.68 Å². The molecule has 0 radical (unpaired) electrons. The average Bonchev–Trinajstić information content (AvgIpc) is 2.55. The van der Waals surface area contributed by atoms with Gasteiger partial charge in [-0.05, 0) is 31.2 Å². The van der Waals surface area contributed by atoms with Crippen LogP contribution in [-0.2, 0) is 0 Å². The molecule has 0 saturated carbocycles. The summed E-state index contributed by atoms with van der Waals surface area (Å²) in [7, 11) is 0. The third kappa shape index (κ3) is 1.56. The summed E-state index contributed by atoms with van der Waals surface area (Å²) in [4.78, 5) is 22.2. The Labute approximate surface area is 91.7 Å². The van der Waals surface area contributed by atoms with Gasteiger partial charge in [0.1, 0.15) is 0 Å². The number of aryl methyl sites for hydroxylation is 2. The van der Waals surface area contributed by atoms with E-state index in [-0.39, 0.29) is 5.69 Å². The molecule has 1 aromatic carbocycles. The molecule has 2 rings (SSSR count). The van der Waals surface area contributed by atoms with Crippen molar-refractivity contribution in [1.82, 2.24) is 9.78 Å². The van der Waals surface area contributed by atoms with Crippen molar-refractivity contribution in [2.75, 3.05) is 0 Å². The molecule has 82 valence electrons. The summed E-state index contributed by atoms with van der Waals surface area (Å²) in [5, 5.41) is 5.53. The van der Waals surface area contributed by atoms with Crippen LogP contribution in [0.25, 0.3) is 5.69 Å². The fourth-order valence-electron chi connectivity index (χ4n) is 1.52. The van der Waals surface area contributed by atoms with E-state index < -0.39 is 5.56 Å². The molecule has 0 atom stereocenters. The van der Waals surface area contributed by atoms with Crippen LogP contribution in [-0.4, -0.2) is 9.78 Å². The van der Waals surface area contributed by atoms with Gasteiger partial charge in [0.25, 0.3) is 0 Å². The molecule has 0 aliphatic rings. The van der Waals surface area contributed by atoms with Crippen molar-refractivity contribution in [3.63, 3.8) is 0 Å². The van der Waals surface area contributed by atoms with Gasteiger partial charge in [0, 0.05) is 0 Å². The molecule has 0 amide bonds. The molecule has 0 unspecified atom stereocenters. The molecule has 16 heavy (non-hydrogen) atoms. The highest BCUT2D eigenvalue weighted by molar-refractivity contribution is 5.43. The number of nitrogens with one attached hydrogen (secondary N) is 1. The highest BCUT2D eigenvalue weighted by Gasteiger charge is 2.12. The smallest absolute Gasteiger partial charge is 0.293 e. The van der Waals surface area contributed by atoms with Crippen LogP contribution in [0.5, 0.6) is 0 Å². The van der Waals surface area contributed by atoms with Gasteiger partial charge >= 0.3 is 5.56 Å². The van der Waals surface area contributed by atoms with Crippen LogP contribution in [0.4, 0.5) is 5.69 Å². The van der Waals surface area contributed by atoms with E-state index in [2.05, 4.69) is 10.3 Å². The summed E-state index contributed by atoms with van der Waals surface area (Å²) in [6.45, 7) is 3.60. The number of hydrogen-bond acceptors (Lipinski definition) is 3. The Hall–Kier alpha value is -2.17. The van der Waals surface area contributed by atoms with Crippen molar-refractivity contribution in [1.29, 1.82) is 0 Å². The predicted molar refractivity (Wildman–Crippen MR) is 61.3 cm³/mol. The number of hydrogen-bond donors (Lipinski definition) is 1. The monoisotopic (exact) mass is 217 g/mol. The first-order valence-electron chi connectivity index (χ1n) is 4.85. The first-order valence-corrected chi connectivity index (χ1v) is 4.85. The number of nitroso groups, excluding NO2 is 1. The van der Waals surface area contributed by atoms with Crippen LogP contribution in [0.1, 0.15) is 11.3 Å². The molecule has 0 bridgehead atoms. The predicted octanol–water partition coefficient (Wildman–Crippen LogP) is 2.18. The van der Waals surface area contributed by atoms with Gasteiger partial charge in [0.05, 0.1) is 11.4 Å². The maximum absolute atomic E-state index is 11.7. The molecule has 2 aromatic rings. The highest BCUT2D eigenvalue weighted by Crippen LogP contribution is 2.13. The normalized spacial score (nSPS) is 10.4. The largest absolute Gasteiger partial charge is 0.301 e. The van der Waals surface area contributed by atoms with E-state index in [0.717, 1.165) is 5.56 Å². The average molecular weight is 217 g/mol. The summed E-state index contributed by atoms with van der Waals surface area (Å²) in [6, 6.07) is 7.40. The Kier molecular flexibility index (Phi) is 2.44. The Bertz CT molecular complexity index is 578. The molecule has 0 aliphatic heterocycles. The summed E-state index contributed by atoms with van der Waals surface area (Å²) in [5.74, 6) is 0. The maximum atomic E-state index is 11.7. The zero-order valence-corrected chi connectivity index (χ0v) is 9.02. The van der Waals surface area contributed by atoms with Crippen LogP contribution in [0, 0.1) is 18.8 Å². The third-order valence-corrected chi connectivity index (χ3v) is 2.42. The lowest BCUT2D eigenvalue weighted by Gasteiger charge is -2.01. The second-order valence-corrected chi connectivity index (χ2v) is 3.65. The van der Waals surface area contributed by atoms with Crippen molar-refractivity contribution < 1.29 is 0 Å². The number of rotatable bonds is 2. The minimum Gasteiger partial charge on any atom is -0.293 e. The van der Waals surface area contributed by atoms with Gasteiger partial charge in [-0.1, -0.05) is 17.7 Å². The maximum Gasteiger partial charge on any atom is 0.301 e. The fraction of sp³-hybridized carbons (Fsp3) is 0.182. The second kappa shape index (κ2) is 3.77. The molecule has 1 aromatic heterocycles. The Morgan fingerprint density at radius 2 is 1.81 bits per heavy atom. The minimum absolute atomic E-state index is 0.0689. The van der Waals surface area contributed by atoms with Gasteiger partial charge in [0.15, 0.2) is 5.69 Å². The summed E-state index contributed by atoms with van der Waals surface area (Å²) in [5.41, 5.74) is 1.78. The zero-order chi connectivity index (χ0) is 11.7. The van der Waals surface area contributed by atoms with Crippen LogP contribution < -0.4 is 5.56 Å². The molecule has 0 saturated heterocycles. The topological polar surface area (TPSA) is 67.2 Å². The van der Waals surface area contributed by atoms with E-state index in [4.69, 9.17) is 0 Å². The van der Waals surface area contributed by atoms with Crippen LogP contribution >= 0.6 is 0 Å². The fourth-order valence-corrected chi connectivity index (χ4v) is 1.52. The van der Waals surface area contributed by atoms with E-state index >= 15 is 0 Å². The quantitative estimate of drug-likeness (QED) is 0.783. The summed E-state index contributed by atoms with van der Waals surface area (Å²) >= 11 is 0. The van der Waals surface area contributed by atoms with Crippen molar-refractivity contribution in [3.05, 3.63) is 50.8 Å². The molecule has 1 heterocycles. The number of nitrogens with zero attached hydrogens (tertiary/aromatic N) is 2. The molecular formula is C11H11N3O2. The lowest BCUT2D eigenvalue weighted by atomic mass is 10.2. The molecule has 1 N–H and O–H groups in total. The second-order valence-electron chi connectivity index (χ2n) is 3.65. The lowest BCUT2D eigenvalue weighted by Crippen LogP contribution is -2.13. The number of benzene rings is 1. The first kappa shape index (κ1) is 10.4. The highest BCUT2D eigenvalue weighted by atomic mass is 16.3. The number of H-pyrrole nitrogens is 1. The van der Waals surface area contributed by atoms with E-state index in [1.807, 2.05) is 19.1 Å². The zero-order valence-electron chi connectivity index (χ0n) is 9.02. The van der Waals surface area contributed by atoms with Crippen molar-refractivity contribution in [2.45, 2.75) is 13.8 Å². The van der Waals surface area contributed by atoms with Crippen molar-refractivity contribution in [2.24, 2.45) is 5.18 Å². The van der Waals surface area contributed by atoms with Crippen LogP contribution in [0.15, 0.2) is 34.2 Å². The lowest BCUT2D eigenvalue weighted by molar-refractivity contribution is 0.835. The van der Waals surface area contributed by atoms with E-state index in [1.54, 1.807) is 19.1 Å².